The lowest BCUT2D eigenvalue weighted by Crippen LogP contribution is -2.30. The molecule has 0 spiro atoms. The highest BCUT2D eigenvalue weighted by Gasteiger charge is 2.47. The predicted molar refractivity (Wildman–Crippen MR) is 96.3 cm³/mol. The zero-order chi connectivity index (χ0) is 18.4. The fraction of sp³-hybridized carbons (Fsp3) is 0.450. The quantitative estimate of drug-likeness (QED) is 0.913. The first-order chi connectivity index (χ1) is 12.5. The molecule has 1 amide bonds. The Labute approximate surface area is 151 Å². The maximum Gasteiger partial charge on any atom is 0.308 e. The number of aryl methyl sites for hydroxylation is 1. The number of hydrogen-bond donors (Lipinski definition) is 1. The van der Waals surface area contributed by atoms with Gasteiger partial charge in [-0.3, -0.25) is 14.6 Å². The zero-order valence-corrected chi connectivity index (χ0v) is 14.9. The molecule has 0 radical (unpaired) electrons. The molecule has 26 heavy (non-hydrogen) atoms. The lowest BCUT2D eigenvalue weighted by atomic mass is 9.92. The van der Waals surface area contributed by atoms with Gasteiger partial charge < -0.3 is 14.7 Å². The first-order valence-electron chi connectivity index (χ1n) is 8.95. The minimum absolute atomic E-state index is 0.0782. The number of ether oxygens (including phenoxy) is 1. The summed E-state index contributed by atoms with van der Waals surface area (Å²) in [5.74, 6) is -0.115. The summed E-state index contributed by atoms with van der Waals surface area (Å²) >= 11 is 0. The van der Waals surface area contributed by atoms with Crippen LogP contribution in [-0.2, 0) is 4.79 Å². The van der Waals surface area contributed by atoms with Crippen LogP contribution in [0, 0.1) is 24.7 Å². The van der Waals surface area contributed by atoms with Gasteiger partial charge in [-0.1, -0.05) is 0 Å². The summed E-state index contributed by atoms with van der Waals surface area (Å²) in [5, 5.41) is 10.4. The van der Waals surface area contributed by atoms with Gasteiger partial charge in [0.05, 0.1) is 29.8 Å². The molecule has 1 N–H and O–H groups in total. The molecule has 1 saturated heterocycles. The van der Waals surface area contributed by atoms with E-state index in [0.717, 1.165) is 29.5 Å². The summed E-state index contributed by atoms with van der Waals surface area (Å²) in [6, 6.07) is 7.41. The minimum atomic E-state index is -0.794. The minimum Gasteiger partial charge on any atom is -0.497 e. The number of aliphatic carboxylic acids is 1. The fourth-order valence-corrected chi connectivity index (χ4v) is 4.02. The van der Waals surface area contributed by atoms with Crippen LogP contribution in [0.25, 0.3) is 10.9 Å². The van der Waals surface area contributed by atoms with E-state index in [2.05, 4.69) is 4.98 Å². The summed E-state index contributed by atoms with van der Waals surface area (Å²) in [4.78, 5) is 30.9. The van der Waals surface area contributed by atoms with Crippen molar-refractivity contribution in [2.75, 3.05) is 20.2 Å². The third-order valence-corrected chi connectivity index (χ3v) is 5.64. The van der Waals surface area contributed by atoms with Gasteiger partial charge in [0, 0.05) is 24.5 Å². The SMILES string of the molecule is COc1ccc2cc(C(=O)N3C[C@H](C(=O)O)[C@@H](C4CC4)C3)c(C)nc2c1. The van der Waals surface area contributed by atoms with Crippen LogP contribution in [0.4, 0.5) is 0 Å². The lowest BCUT2D eigenvalue weighted by molar-refractivity contribution is -0.142. The van der Waals surface area contributed by atoms with E-state index >= 15 is 0 Å². The zero-order valence-electron chi connectivity index (χ0n) is 14.9. The van der Waals surface area contributed by atoms with E-state index in [-0.39, 0.29) is 18.4 Å². The van der Waals surface area contributed by atoms with Crippen LogP contribution in [0.1, 0.15) is 28.9 Å². The first kappa shape index (κ1) is 16.8. The van der Waals surface area contributed by atoms with Crippen molar-refractivity contribution in [2.24, 2.45) is 17.8 Å². The Morgan fingerprint density at radius 3 is 2.65 bits per heavy atom. The molecule has 1 aliphatic heterocycles. The standard InChI is InChI=1S/C20H22N2O4/c1-11-15(7-13-5-6-14(26-2)8-18(13)21-11)19(23)22-9-16(12-3-4-12)17(10-22)20(24)25/h5-8,12,16-17H,3-4,9-10H2,1-2H3,(H,24,25)/t16-,17+/m1/s1. The average Bonchev–Trinajstić information content (AvgIpc) is 3.37. The molecule has 2 heterocycles. The molecule has 2 aliphatic rings. The smallest absolute Gasteiger partial charge is 0.308 e. The van der Waals surface area contributed by atoms with Crippen molar-refractivity contribution < 1.29 is 19.4 Å². The Morgan fingerprint density at radius 1 is 1.23 bits per heavy atom. The topological polar surface area (TPSA) is 79.7 Å². The van der Waals surface area contributed by atoms with E-state index in [9.17, 15) is 14.7 Å². The van der Waals surface area contributed by atoms with E-state index < -0.39 is 11.9 Å². The van der Waals surface area contributed by atoms with Crippen molar-refractivity contribution in [3.8, 4) is 5.75 Å². The van der Waals surface area contributed by atoms with Crippen LogP contribution in [-0.4, -0.2) is 47.1 Å². The molecule has 6 nitrogen and oxygen atoms in total. The highest BCUT2D eigenvalue weighted by Crippen LogP contribution is 2.44. The maximum absolute atomic E-state index is 13.1. The van der Waals surface area contributed by atoms with Crippen molar-refractivity contribution in [1.29, 1.82) is 0 Å². The monoisotopic (exact) mass is 354 g/mol. The average molecular weight is 354 g/mol. The molecule has 0 unspecified atom stereocenters. The van der Waals surface area contributed by atoms with Crippen molar-refractivity contribution in [3.05, 3.63) is 35.5 Å². The van der Waals surface area contributed by atoms with Gasteiger partial charge in [-0.25, -0.2) is 0 Å². The molecule has 1 aromatic carbocycles. The van der Waals surface area contributed by atoms with Crippen molar-refractivity contribution in [3.63, 3.8) is 0 Å². The van der Waals surface area contributed by atoms with E-state index in [1.165, 1.54) is 0 Å². The van der Waals surface area contributed by atoms with Gasteiger partial charge in [-0.2, -0.15) is 0 Å². The number of carboxylic acids is 1. The first-order valence-corrected chi connectivity index (χ1v) is 8.95. The van der Waals surface area contributed by atoms with Gasteiger partial charge >= 0.3 is 5.97 Å². The van der Waals surface area contributed by atoms with Crippen LogP contribution in [0.2, 0.25) is 0 Å². The second-order valence-electron chi connectivity index (χ2n) is 7.34. The number of amides is 1. The van der Waals surface area contributed by atoms with Gasteiger partial charge in [0.25, 0.3) is 5.91 Å². The fourth-order valence-electron chi connectivity index (χ4n) is 4.02. The molecule has 2 atom stereocenters. The predicted octanol–water partition coefficient (Wildman–Crippen LogP) is 2.73. The number of methoxy groups -OCH3 is 1. The number of carboxylic acid groups (broad SMARTS) is 1. The van der Waals surface area contributed by atoms with Gasteiger partial charge in [0.2, 0.25) is 0 Å². The molecule has 1 aliphatic carbocycles. The maximum atomic E-state index is 13.1. The number of pyridine rings is 1. The van der Waals surface area contributed by atoms with Crippen LogP contribution >= 0.6 is 0 Å². The molecule has 2 fully saturated rings. The van der Waals surface area contributed by atoms with E-state index in [1.54, 1.807) is 12.0 Å². The molecule has 136 valence electrons. The molecular formula is C20H22N2O4. The van der Waals surface area contributed by atoms with Crippen LogP contribution < -0.4 is 4.74 Å². The number of rotatable bonds is 4. The highest BCUT2D eigenvalue weighted by atomic mass is 16.5. The lowest BCUT2D eigenvalue weighted by Gasteiger charge is -2.18. The number of nitrogens with zero attached hydrogens (tertiary/aromatic N) is 2. The Bertz CT molecular complexity index is 891. The number of benzene rings is 1. The number of carbonyl (C=O) groups excluding carboxylic acids is 1. The highest BCUT2D eigenvalue weighted by molar-refractivity contribution is 5.99. The molecular weight excluding hydrogens is 332 g/mol. The Hall–Kier alpha value is -2.63. The summed E-state index contributed by atoms with van der Waals surface area (Å²) in [7, 11) is 1.61. The number of likely N-dealkylation sites (tertiary alicyclic amines) is 1. The molecule has 2 aromatic rings. The van der Waals surface area contributed by atoms with E-state index in [4.69, 9.17) is 4.74 Å². The van der Waals surface area contributed by atoms with Crippen LogP contribution in [0.5, 0.6) is 5.75 Å². The molecule has 1 aromatic heterocycles. The molecule has 0 bridgehead atoms. The summed E-state index contributed by atoms with van der Waals surface area (Å²) < 4.78 is 5.22. The Morgan fingerprint density at radius 2 is 2.00 bits per heavy atom. The van der Waals surface area contributed by atoms with Gasteiger partial charge in [-0.15, -0.1) is 0 Å². The van der Waals surface area contributed by atoms with Crippen LogP contribution in [0.15, 0.2) is 24.3 Å². The molecule has 6 heteroatoms. The van der Waals surface area contributed by atoms with E-state index in [0.29, 0.717) is 23.7 Å². The van der Waals surface area contributed by atoms with Gasteiger partial charge in [0.1, 0.15) is 5.75 Å². The number of aromatic nitrogens is 1. The van der Waals surface area contributed by atoms with Crippen molar-refractivity contribution in [2.45, 2.75) is 19.8 Å². The molecule has 4 rings (SSSR count). The summed E-state index contributed by atoms with van der Waals surface area (Å²) in [5.41, 5.74) is 1.97. The molecule has 1 saturated carbocycles. The number of hydrogen-bond acceptors (Lipinski definition) is 4. The summed E-state index contributed by atoms with van der Waals surface area (Å²) in [6.07, 6.45) is 2.16. The second kappa shape index (κ2) is 6.27. The van der Waals surface area contributed by atoms with Gasteiger partial charge in [0.15, 0.2) is 0 Å². The van der Waals surface area contributed by atoms with Crippen LogP contribution in [0.3, 0.4) is 0 Å². The number of fused-ring (bicyclic) bond motifs is 1. The third kappa shape index (κ3) is 2.89. The largest absolute Gasteiger partial charge is 0.497 e. The Kier molecular flexibility index (Phi) is 4.05. The summed E-state index contributed by atoms with van der Waals surface area (Å²) in [6.45, 7) is 2.63. The second-order valence-corrected chi connectivity index (χ2v) is 7.34. The number of carbonyl (C=O) groups is 2. The van der Waals surface area contributed by atoms with Crippen molar-refractivity contribution in [1.82, 2.24) is 9.88 Å². The van der Waals surface area contributed by atoms with Crippen molar-refractivity contribution >= 4 is 22.8 Å². The third-order valence-electron chi connectivity index (χ3n) is 5.64. The Balaban J connectivity index is 1.63. The van der Waals surface area contributed by atoms with E-state index in [1.807, 2.05) is 31.2 Å². The van der Waals surface area contributed by atoms with Gasteiger partial charge in [-0.05, 0) is 49.8 Å². The normalized spacial score (nSPS) is 22.6.